The van der Waals surface area contributed by atoms with E-state index in [4.69, 9.17) is 12.2 Å². The van der Waals surface area contributed by atoms with Crippen molar-refractivity contribution in [1.29, 1.82) is 5.26 Å². The van der Waals surface area contributed by atoms with Crippen LogP contribution in [0.3, 0.4) is 0 Å². The Morgan fingerprint density at radius 2 is 2.00 bits per heavy atom. The fourth-order valence-corrected chi connectivity index (χ4v) is 2.18. The smallest absolute Gasteiger partial charge is 0.280 e. The third-order valence-corrected chi connectivity index (χ3v) is 3.09. The van der Waals surface area contributed by atoms with Gasteiger partial charge in [0.15, 0.2) is 5.65 Å². The van der Waals surface area contributed by atoms with Gasteiger partial charge in [-0.15, -0.1) is 0 Å². The van der Waals surface area contributed by atoms with Crippen LogP contribution in [0, 0.1) is 21.9 Å². The molecule has 3 rings (SSSR count). The number of rotatable bonds is 1. The molecule has 6 nitrogen and oxygen atoms in total. The van der Waals surface area contributed by atoms with Crippen molar-refractivity contribution in [3.05, 3.63) is 50.9 Å². The molecule has 0 aliphatic carbocycles. The molecule has 0 aliphatic rings. The third kappa shape index (κ3) is 1.72. The minimum atomic E-state index is -0.500. The van der Waals surface area contributed by atoms with Crippen LogP contribution in [0.25, 0.3) is 16.9 Å². The van der Waals surface area contributed by atoms with Crippen LogP contribution in [-0.4, -0.2) is 19.6 Å². The lowest BCUT2D eigenvalue weighted by molar-refractivity contribution is 0.628. The average Bonchev–Trinajstić information content (AvgIpc) is 2.82. The number of aromatic nitrogens is 4. The largest absolute Gasteiger partial charge is 0.348 e. The Morgan fingerprint density at radius 3 is 2.65 bits per heavy atom. The van der Waals surface area contributed by atoms with Crippen LogP contribution < -0.4 is 5.69 Å². The highest BCUT2D eigenvalue weighted by Crippen LogP contribution is 2.23. The average molecular weight is 287 g/mol. The fourth-order valence-electron chi connectivity index (χ4n) is 1.92. The number of H-pyrrole nitrogens is 2. The van der Waals surface area contributed by atoms with Crippen molar-refractivity contribution in [1.82, 2.24) is 19.6 Å². The van der Waals surface area contributed by atoms with E-state index in [9.17, 15) is 14.4 Å². The van der Waals surface area contributed by atoms with Crippen LogP contribution in [0.2, 0.25) is 0 Å². The lowest BCUT2D eigenvalue weighted by atomic mass is 10.1. The van der Waals surface area contributed by atoms with Gasteiger partial charge in [0.1, 0.15) is 17.4 Å². The molecule has 0 saturated carbocycles. The first kappa shape index (κ1) is 12.3. The molecule has 0 aliphatic heterocycles. The fraction of sp³-hybridized carbons (Fsp3) is 0. The van der Waals surface area contributed by atoms with Gasteiger partial charge >= 0.3 is 5.69 Å². The first-order valence-electron chi connectivity index (χ1n) is 5.51. The van der Waals surface area contributed by atoms with Crippen molar-refractivity contribution >= 4 is 17.9 Å². The van der Waals surface area contributed by atoms with Crippen molar-refractivity contribution in [2.45, 2.75) is 0 Å². The van der Waals surface area contributed by atoms with Crippen molar-refractivity contribution in [3.63, 3.8) is 0 Å². The molecule has 0 fully saturated rings. The summed E-state index contributed by atoms with van der Waals surface area (Å²) in [6, 6.07) is 7.49. The zero-order valence-electron chi connectivity index (χ0n) is 9.85. The molecular formula is C12H6FN5OS. The molecule has 1 aromatic carbocycles. The highest BCUT2D eigenvalue weighted by Gasteiger charge is 2.15. The summed E-state index contributed by atoms with van der Waals surface area (Å²) >= 11 is 5.04. The minimum absolute atomic E-state index is 0.0147. The zero-order chi connectivity index (χ0) is 14.3. The van der Waals surface area contributed by atoms with Gasteiger partial charge in [-0.05, 0) is 36.5 Å². The standard InChI is InChI=1S/C12H6FN5OS/c13-7-3-1-6(2-4-7)9-8(5-14)10-16-17-11(19)18(10)12(20)15-9/h1-4,16H,(H,17,19). The Kier molecular flexibility index (Phi) is 2.69. The molecule has 0 radical (unpaired) electrons. The number of halogens is 1. The Bertz CT molecular complexity index is 961. The van der Waals surface area contributed by atoms with E-state index < -0.39 is 11.5 Å². The van der Waals surface area contributed by atoms with Crippen molar-refractivity contribution < 1.29 is 4.39 Å². The van der Waals surface area contributed by atoms with Crippen LogP contribution in [0.1, 0.15) is 5.56 Å². The van der Waals surface area contributed by atoms with Crippen molar-refractivity contribution in [2.24, 2.45) is 0 Å². The number of fused-ring (bicyclic) bond motifs is 1. The van der Waals surface area contributed by atoms with Crippen LogP contribution in [0.4, 0.5) is 4.39 Å². The molecule has 0 amide bonds. The molecule has 8 heteroatoms. The lowest BCUT2D eigenvalue weighted by Gasteiger charge is -2.04. The number of hydrogen-bond acceptors (Lipinski definition) is 4. The second-order valence-corrected chi connectivity index (χ2v) is 4.34. The quantitative estimate of drug-likeness (QED) is 0.667. The first-order valence-corrected chi connectivity index (χ1v) is 5.92. The van der Waals surface area contributed by atoms with Gasteiger partial charge in [0.25, 0.3) is 0 Å². The molecule has 20 heavy (non-hydrogen) atoms. The summed E-state index contributed by atoms with van der Waals surface area (Å²) in [5.74, 6) is -0.392. The molecule has 0 saturated heterocycles. The monoisotopic (exact) mass is 287 g/mol. The van der Waals surface area contributed by atoms with Gasteiger partial charge < -0.3 is 0 Å². The summed E-state index contributed by atoms with van der Waals surface area (Å²) in [6.45, 7) is 0. The van der Waals surface area contributed by atoms with Crippen LogP contribution >= 0.6 is 12.2 Å². The van der Waals surface area contributed by atoms with Gasteiger partial charge in [0.2, 0.25) is 4.77 Å². The Hall–Kier alpha value is -2.79. The van der Waals surface area contributed by atoms with E-state index in [0.29, 0.717) is 11.3 Å². The van der Waals surface area contributed by atoms with Gasteiger partial charge in [-0.1, -0.05) is 0 Å². The first-order chi connectivity index (χ1) is 9.61. The molecule has 3 aromatic rings. The molecule has 98 valence electrons. The van der Waals surface area contributed by atoms with Crippen molar-refractivity contribution in [3.8, 4) is 17.3 Å². The van der Waals surface area contributed by atoms with Gasteiger partial charge in [-0.3, -0.25) is 5.10 Å². The molecule has 0 atom stereocenters. The molecule has 0 unspecified atom stereocenters. The normalized spacial score (nSPS) is 10.6. The zero-order valence-corrected chi connectivity index (χ0v) is 10.7. The number of aromatic amines is 2. The number of benzene rings is 1. The predicted molar refractivity (Wildman–Crippen MR) is 71.1 cm³/mol. The summed E-state index contributed by atoms with van der Waals surface area (Å²) < 4.78 is 14.1. The van der Waals surface area contributed by atoms with E-state index in [1.54, 1.807) is 0 Å². The number of hydrogen-bond donors (Lipinski definition) is 2. The topological polar surface area (TPSA) is 89.7 Å². The molecule has 2 N–H and O–H groups in total. The molecule has 2 aromatic heterocycles. The highest BCUT2D eigenvalue weighted by atomic mass is 32.1. The van der Waals surface area contributed by atoms with Crippen molar-refractivity contribution in [2.75, 3.05) is 0 Å². The van der Waals surface area contributed by atoms with E-state index in [1.165, 1.54) is 24.3 Å². The van der Waals surface area contributed by atoms with E-state index in [-0.39, 0.29) is 16.0 Å². The molecule has 0 bridgehead atoms. The van der Waals surface area contributed by atoms with Crippen LogP contribution in [-0.2, 0) is 0 Å². The maximum absolute atomic E-state index is 13.0. The Labute approximate surface area is 116 Å². The molecule has 2 heterocycles. The lowest BCUT2D eigenvalue weighted by Crippen LogP contribution is -2.12. The van der Waals surface area contributed by atoms with Crippen LogP contribution in [0.15, 0.2) is 29.1 Å². The van der Waals surface area contributed by atoms with E-state index in [2.05, 4.69) is 15.2 Å². The second-order valence-electron chi connectivity index (χ2n) is 3.98. The molecule has 0 spiro atoms. The molecular weight excluding hydrogens is 281 g/mol. The maximum Gasteiger partial charge on any atom is 0.348 e. The van der Waals surface area contributed by atoms with Gasteiger partial charge in [0, 0.05) is 5.56 Å². The van der Waals surface area contributed by atoms with E-state index >= 15 is 0 Å². The number of nitriles is 1. The summed E-state index contributed by atoms with van der Waals surface area (Å²) in [5, 5.41) is 14.2. The van der Waals surface area contributed by atoms with Crippen LogP contribution in [0.5, 0.6) is 0 Å². The maximum atomic E-state index is 13.0. The number of nitrogens with one attached hydrogen (secondary N) is 2. The summed E-state index contributed by atoms with van der Waals surface area (Å²) in [7, 11) is 0. The Balaban J connectivity index is 2.43. The summed E-state index contributed by atoms with van der Waals surface area (Å²) in [6.07, 6.45) is 0. The van der Waals surface area contributed by atoms with E-state index in [1.807, 2.05) is 6.07 Å². The highest BCUT2D eigenvalue weighted by molar-refractivity contribution is 7.71. The van der Waals surface area contributed by atoms with E-state index in [0.717, 1.165) is 4.40 Å². The Morgan fingerprint density at radius 1 is 1.30 bits per heavy atom. The SMILES string of the molecule is N#Cc1c(-c2ccc(F)cc2)nc(=S)n2c(=O)[nH][nH]c12. The van der Waals surface area contributed by atoms with Gasteiger partial charge in [-0.2, -0.15) is 5.26 Å². The number of nitrogens with zero attached hydrogens (tertiary/aromatic N) is 3. The third-order valence-electron chi connectivity index (χ3n) is 2.82. The minimum Gasteiger partial charge on any atom is -0.280 e. The van der Waals surface area contributed by atoms with Gasteiger partial charge in [0.05, 0.1) is 5.69 Å². The summed E-state index contributed by atoms with van der Waals surface area (Å²) in [4.78, 5) is 15.7. The van der Waals surface area contributed by atoms with Gasteiger partial charge in [-0.25, -0.2) is 23.7 Å². The second kappa shape index (κ2) is 4.40. The summed E-state index contributed by atoms with van der Waals surface area (Å²) in [5.41, 5.74) is 0.728. The predicted octanol–water partition coefficient (Wildman–Crippen LogP) is 1.76.